The van der Waals surface area contributed by atoms with Crippen LogP contribution in [0.4, 0.5) is 0 Å². The van der Waals surface area contributed by atoms with Gasteiger partial charge in [-0.2, -0.15) is 5.10 Å². The second-order valence-electron chi connectivity index (χ2n) is 14.6. The number of aromatic nitrogens is 4. The zero-order valence-corrected chi connectivity index (χ0v) is 33.1. The summed E-state index contributed by atoms with van der Waals surface area (Å²) in [5, 5.41) is 15.8. The summed E-state index contributed by atoms with van der Waals surface area (Å²) in [6, 6.07) is 6.44. The lowest BCUT2D eigenvalue weighted by Crippen LogP contribution is -2.53. The molecule has 5 rings (SSSR count). The third-order valence-electron chi connectivity index (χ3n) is 9.38. The highest BCUT2D eigenvalue weighted by Gasteiger charge is 2.31. The summed E-state index contributed by atoms with van der Waals surface area (Å²) < 4.78 is 1.57. The number of nitrogens with zero attached hydrogens (tertiary/aromatic N) is 6. The number of likely N-dealkylation sites (N-methyl/N-ethyl adjacent to an activating group) is 2. The van der Waals surface area contributed by atoms with Gasteiger partial charge in [0.05, 0.1) is 19.1 Å². The van der Waals surface area contributed by atoms with E-state index in [1.165, 1.54) is 46.2 Å². The largest absolute Gasteiger partial charge is 0.361 e. The fraction of sp³-hybridized carbons (Fsp3) is 0.474. The molecular weight excluding hydrogens is 725 g/mol. The molecule has 0 saturated carbocycles. The van der Waals surface area contributed by atoms with Crippen LogP contribution in [-0.2, 0) is 25.6 Å². The zero-order valence-electron chi connectivity index (χ0n) is 32.3. The summed E-state index contributed by atoms with van der Waals surface area (Å²) in [6.45, 7) is 8.67. The molecule has 55 heavy (non-hydrogen) atoms. The summed E-state index contributed by atoms with van der Waals surface area (Å²) in [5.41, 5.74) is 2.02. The molecule has 294 valence electrons. The van der Waals surface area contributed by atoms with E-state index >= 15 is 0 Å². The van der Waals surface area contributed by atoms with Crippen molar-refractivity contribution < 1.29 is 28.8 Å². The van der Waals surface area contributed by atoms with Gasteiger partial charge in [0.1, 0.15) is 28.5 Å². The highest BCUT2D eigenvalue weighted by atomic mass is 32.1. The number of amides is 6. The number of para-hydroxylation sites is 1. The van der Waals surface area contributed by atoms with Crippen molar-refractivity contribution in [2.75, 3.05) is 40.3 Å². The highest BCUT2D eigenvalue weighted by molar-refractivity contribution is 7.09. The maximum Gasteiger partial charge on any atom is 0.272 e. The van der Waals surface area contributed by atoms with Crippen molar-refractivity contribution in [1.82, 2.24) is 50.4 Å². The Balaban J connectivity index is 1.48. The second-order valence-corrected chi connectivity index (χ2v) is 15.5. The predicted molar refractivity (Wildman–Crippen MR) is 207 cm³/mol. The molecule has 0 spiro atoms. The van der Waals surface area contributed by atoms with Crippen LogP contribution in [0.3, 0.4) is 0 Å². The quantitative estimate of drug-likeness (QED) is 0.230. The summed E-state index contributed by atoms with van der Waals surface area (Å²) in [5.74, 6) is -2.89. The lowest BCUT2D eigenvalue weighted by atomic mass is 10.0. The molecule has 0 fully saturated rings. The van der Waals surface area contributed by atoms with Crippen molar-refractivity contribution >= 4 is 57.7 Å². The van der Waals surface area contributed by atoms with Gasteiger partial charge in [-0.05, 0) is 50.8 Å². The number of hydrogen-bond donors (Lipinski definition) is 4. The number of carbonyl (C=O) groups is 6. The summed E-state index contributed by atoms with van der Waals surface area (Å²) in [4.78, 5) is 93.8. The average Bonchev–Trinajstić information content (AvgIpc) is 3.92. The van der Waals surface area contributed by atoms with E-state index in [2.05, 4.69) is 31.0 Å². The SMILES string of the molecule is CC(C)C[C@@H]1NC(=O)CN(C(=O)c2ccnn2C(C)C)CCN(C)C(=O)[C@H](C)NC(=O)CN(C)C(=O)[C@@H](Cc2c[nH]c3ccccc23)NC(=O)c2csc1n2. The van der Waals surface area contributed by atoms with Crippen LogP contribution in [0.25, 0.3) is 10.9 Å². The van der Waals surface area contributed by atoms with Crippen LogP contribution in [0, 0.1) is 5.92 Å². The smallest absolute Gasteiger partial charge is 0.272 e. The van der Waals surface area contributed by atoms with E-state index in [1.807, 2.05) is 52.0 Å². The minimum Gasteiger partial charge on any atom is -0.361 e. The normalized spacial score (nSPS) is 20.1. The van der Waals surface area contributed by atoms with Crippen LogP contribution >= 0.6 is 11.3 Å². The molecule has 3 atom stereocenters. The van der Waals surface area contributed by atoms with Crippen molar-refractivity contribution in [2.24, 2.45) is 5.92 Å². The number of hydrogen-bond acceptors (Lipinski definition) is 9. The average molecular weight is 775 g/mol. The molecule has 2 bridgehead atoms. The first kappa shape index (κ1) is 40.6. The van der Waals surface area contributed by atoms with E-state index in [0.29, 0.717) is 17.1 Å². The fourth-order valence-corrected chi connectivity index (χ4v) is 7.40. The van der Waals surface area contributed by atoms with Crippen LogP contribution in [0.2, 0.25) is 0 Å². The minimum atomic E-state index is -1.07. The van der Waals surface area contributed by atoms with E-state index < -0.39 is 53.6 Å². The van der Waals surface area contributed by atoms with Gasteiger partial charge in [0.15, 0.2) is 0 Å². The third kappa shape index (κ3) is 9.95. The highest BCUT2D eigenvalue weighted by Crippen LogP contribution is 2.26. The Morgan fingerprint density at radius 2 is 1.62 bits per heavy atom. The summed E-state index contributed by atoms with van der Waals surface area (Å²) >= 11 is 1.20. The first-order chi connectivity index (χ1) is 26.1. The molecule has 0 radical (unpaired) electrons. The number of thiazole rings is 1. The van der Waals surface area contributed by atoms with Crippen molar-refractivity contribution in [2.45, 2.75) is 71.6 Å². The summed E-state index contributed by atoms with van der Waals surface area (Å²) in [7, 11) is 3.01. The van der Waals surface area contributed by atoms with Gasteiger partial charge in [-0.3, -0.25) is 33.4 Å². The molecule has 6 amide bonds. The molecule has 1 aromatic carbocycles. The zero-order chi connectivity index (χ0) is 40.0. The Morgan fingerprint density at radius 1 is 0.891 bits per heavy atom. The molecular formula is C38H50N10O6S. The number of carbonyl (C=O) groups excluding carboxylic acids is 6. The molecule has 0 aliphatic carbocycles. The van der Waals surface area contributed by atoms with Crippen molar-refractivity contribution in [3.05, 3.63) is 70.1 Å². The van der Waals surface area contributed by atoms with Crippen molar-refractivity contribution in [3.63, 3.8) is 0 Å². The van der Waals surface area contributed by atoms with Crippen molar-refractivity contribution in [1.29, 1.82) is 0 Å². The first-order valence-electron chi connectivity index (χ1n) is 18.4. The summed E-state index contributed by atoms with van der Waals surface area (Å²) in [6.07, 6.45) is 3.92. The molecule has 1 aliphatic rings. The van der Waals surface area contributed by atoms with E-state index in [1.54, 1.807) is 29.4 Å². The molecule has 4 aromatic rings. The minimum absolute atomic E-state index is 0.00388. The second kappa shape index (κ2) is 17.7. The van der Waals surface area contributed by atoms with E-state index in [0.717, 1.165) is 16.5 Å². The molecule has 3 aromatic heterocycles. The molecule has 0 saturated heterocycles. The molecule has 17 heteroatoms. The topological polar surface area (TPSA) is 195 Å². The Kier molecular flexibility index (Phi) is 13.1. The Labute approximate surface area is 324 Å². The Hall–Kier alpha value is -5.58. The van der Waals surface area contributed by atoms with Crippen LogP contribution < -0.4 is 16.0 Å². The monoisotopic (exact) mass is 774 g/mol. The molecule has 4 heterocycles. The number of aromatic amines is 1. The molecule has 16 nitrogen and oxygen atoms in total. The third-order valence-corrected chi connectivity index (χ3v) is 10.3. The van der Waals surface area contributed by atoms with Gasteiger partial charge in [0.25, 0.3) is 11.8 Å². The van der Waals surface area contributed by atoms with Gasteiger partial charge in [-0.25, -0.2) is 4.98 Å². The number of H-pyrrole nitrogens is 1. The van der Waals surface area contributed by atoms with E-state index in [-0.39, 0.29) is 50.3 Å². The number of rotatable bonds is 6. The van der Waals surface area contributed by atoms with Crippen molar-refractivity contribution in [3.8, 4) is 0 Å². The molecule has 0 unspecified atom stereocenters. The number of benzene rings is 1. The predicted octanol–water partition coefficient (Wildman–Crippen LogP) is 2.52. The van der Waals surface area contributed by atoms with Crippen LogP contribution in [0.5, 0.6) is 0 Å². The van der Waals surface area contributed by atoms with E-state index in [4.69, 9.17) is 0 Å². The first-order valence-corrected chi connectivity index (χ1v) is 19.2. The standard InChI is InChI=1S/C38H50N10O6S/c1-22(2)16-28-35-44-30(21-55-35)34(51)43-29(17-25-18-39-27-11-9-8-10-26(25)27)37(53)46(7)19-32(49)41-24(5)36(52)45(6)14-15-47(20-33(50)42-28)38(54)31-12-13-40-48(31)23(3)4/h8-13,18,21-24,28-29,39H,14-17,19-20H2,1-7H3,(H,41,49)(H,42,50)(H,43,51)/t24-,28-,29+/m0/s1. The van der Waals surface area contributed by atoms with Gasteiger partial charge in [-0.15, -0.1) is 11.3 Å². The van der Waals surface area contributed by atoms with Gasteiger partial charge < -0.3 is 35.6 Å². The fourth-order valence-electron chi connectivity index (χ4n) is 6.54. The van der Waals surface area contributed by atoms with Gasteiger partial charge in [-0.1, -0.05) is 32.0 Å². The molecule has 1 aliphatic heterocycles. The molecule has 4 N–H and O–H groups in total. The van der Waals surface area contributed by atoms with Crippen LogP contribution in [-0.4, -0.2) is 122 Å². The van der Waals surface area contributed by atoms with Crippen LogP contribution in [0.15, 0.2) is 48.1 Å². The number of fused-ring (bicyclic) bond motifs is 3. The van der Waals surface area contributed by atoms with Gasteiger partial charge in [0, 0.05) is 68.3 Å². The van der Waals surface area contributed by atoms with Gasteiger partial charge in [0.2, 0.25) is 23.6 Å². The van der Waals surface area contributed by atoms with Gasteiger partial charge >= 0.3 is 0 Å². The maximum atomic E-state index is 14.0. The lowest BCUT2D eigenvalue weighted by molar-refractivity contribution is -0.138. The Morgan fingerprint density at radius 3 is 2.35 bits per heavy atom. The number of nitrogens with one attached hydrogen (secondary N) is 4. The lowest BCUT2D eigenvalue weighted by Gasteiger charge is -2.28. The van der Waals surface area contributed by atoms with E-state index in [9.17, 15) is 28.8 Å². The Bertz CT molecular complexity index is 2040. The maximum absolute atomic E-state index is 14.0. The van der Waals surface area contributed by atoms with Crippen LogP contribution in [0.1, 0.15) is 84.7 Å².